The van der Waals surface area contributed by atoms with E-state index in [2.05, 4.69) is 9.97 Å². The van der Waals surface area contributed by atoms with Crippen LogP contribution in [-0.2, 0) is 17.6 Å². The van der Waals surface area contributed by atoms with Crippen molar-refractivity contribution in [2.45, 2.75) is 19.8 Å². The van der Waals surface area contributed by atoms with E-state index in [-0.39, 0.29) is 23.5 Å². The van der Waals surface area contributed by atoms with E-state index in [1.54, 1.807) is 6.92 Å². The molecule has 0 saturated carbocycles. The van der Waals surface area contributed by atoms with Crippen LogP contribution in [-0.4, -0.2) is 26.9 Å². The summed E-state index contributed by atoms with van der Waals surface area (Å²) in [6, 6.07) is 10.6. The number of H-pyrrole nitrogens is 1. The summed E-state index contributed by atoms with van der Waals surface area (Å²) in [7, 11) is 0. The van der Waals surface area contributed by atoms with Gasteiger partial charge < -0.3 is 9.72 Å². The van der Waals surface area contributed by atoms with Crippen molar-refractivity contribution in [1.82, 2.24) is 14.4 Å². The first-order chi connectivity index (χ1) is 13.6. The predicted octanol–water partition coefficient (Wildman–Crippen LogP) is 3.28. The van der Waals surface area contributed by atoms with Gasteiger partial charge in [-0.15, -0.1) is 0 Å². The van der Waals surface area contributed by atoms with Crippen LogP contribution in [0.25, 0.3) is 16.6 Å². The minimum atomic E-state index is -0.741. The van der Waals surface area contributed by atoms with E-state index in [0.29, 0.717) is 12.8 Å². The maximum Gasteiger partial charge on any atom is 0.345 e. The van der Waals surface area contributed by atoms with Gasteiger partial charge in [-0.25, -0.2) is 14.2 Å². The minimum Gasteiger partial charge on any atom is -0.462 e. The second-order valence-electron chi connectivity index (χ2n) is 6.41. The SMILES string of the molecule is CCOC(=O)c1c(CCc2ccc3[nH]ccc3c2)nc2c(F)cccn2c1=O. The van der Waals surface area contributed by atoms with Gasteiger partial charge in [0.05, 0.1) is 12.3 Å². The molecule has 0 saturated heterocycles. The summed E-state index contributed by atoms with van der Waals surface area (Å²) < 4.78 is 20.3. The van der Waals surface area contributed by atoms with Crippen molar-refractivity contribution in [3.63, 3.8) is 0 Å². The molecule has 0 fully saturated rings. The Balaban J connectivity index is 1.77. The van der Waals surface area contributed by atoms with E-state index in [0.717, 1.165) is 20.9 Å². The highest BCUT2D eigenvalue weighted by molar-refractivity contribution is 5.90. The molecule has 1 aromatic carbocycles. The van der Waals surface area contributed by atoms with Crippen molar-refractivity contribution < 1.29 is 13.9 Å². The van der Waals surface area contributed by atoms with Crippen LogP contribution in [0.5, 0.6) is 0 Å². The largest absolute Gasteiger partial charge is 0.462 e. The molecule has 4 aromatic rings. The molecule has 142 valence electrons. The van der Waals surface area contributed by atoms with Crippen molar-refractivity contribution in [3.8, 4) is 0 Å². The number of carbonyl (C=O) groups is 1. The lowest BCUT2D eigenvalue weighted by Gasteiger charge is -2.11. The molecule has 4 rings (SSSR count). The first kappa shape index (κ1) is 17.9. The third-order valence-corrected chi connectivity index (χ3v) is 4.63. The summed E-state index contributed by atoms with van der Waals surface area (Å²) in [6.45, 7) is 1.79. The van der Waals surface area contributed by atoms with E-state index in [1.807, 2.05) is 30.5 Å². The molecule has 6 nitrogen and oxygen atoms in total. The van der Waals surface area contributed by atoms with Crippen LogP contribution in [0.15, 0.2) is 53.6 Å². The Morgan fingerprint density at radius 1 is 1.25 bits per heavy atom. The number of halogens is 1. The van der Waals surface area contributed by atoms with Gasteiger partial charge in [0.15, 0.2) is 11.5 Å². The average Bonchev–Trinajstić information content (AvgIpc) is 3.15. The quantitative estimate of drug-likeness (QED) is 0.540. The first-order valence-corrected chi connectivity index (χ1v) is 9.01. The summed E-state index contributed by atoms with van der Waals surface area (Å²) >= 11 is 0. The summed E-state index contributed by atoms with van der Waals surface area (Å²) in [5.74, 6) is -1.36. The second kappa shape index (κ2) is 7.26. The van der Waals surface area contributed by atoms with Crippen LogP contribution in [0.2, 0.25) is 0 Å². The Labute approximate surface area is 159 Å². The third kappa shape index (κ3) is 3.15. The number of pyridine rings is 1. The Morgan fingerprint density at radius 2 is 2.11 bits per heavy atom. The van der Waals surface area contributed by atoms with Crippen molar-refractivity contribution in [2.24, 2.45) is 0 Å². The topological polar surface area (TPSA) is 76.5 Å². The molecule has 3 heterocycles. The molecular formula is C21H18FN3O3. The van der Waals surface area contributed by atoms with Gasteiger partial charge in [-0.05, 0) is 61.0 Å². The summed E-state index contributed by atoms with van der Waals surface area (Å²) in [4.78, 5) is 32.6. The number of rotatable bonds is 5. The van der Waals surface area contributed by atoms with Gasteiger partial charge in [-0.1, -0.05) is 6.07 Å². The summed E-state index contributed by atoms with van der Waals surface area (Å²) in [6.07, 6.45) is 4.11. The number of carbonyl (C=O) groups excluding carboxylic acids is 1. The fourth-order valence-electron chi connectivity index (χ4n) is 3.28. The van der Waals surface area contributed by atoms with Gasteiger partial charge in [0.25, 0.3) is 5.56 Å². The number of hydrogen-bond acceptors (Lipinski definition) is 4. The fraction of sp³-hybridized carbons (Fsp3) is 0.190. The number of nitrogens with zero attached hydrogens (tertiary/aromatic N) is 2. The molecule has 0 atom stereocenters. The molecule has 0 unspecified atom stereocenters. The molecule has 0 aliphatic heterocycles. The lowest BCUT2D eigenvalue weighted by molar-refractivity contribution is 0.0522. The van der Waals surface area contributed by atoms with Gasteiger partial charge in [-0.3, -0.25) is 9.20 Å². The molecule has 0 spiro atoms. The lowest BCUT2D eigenvalue weighted by Crippen LogP contribution is -2.28. The smallest absolute Gasteiger partial charge is 0.345 e. The maximum absolute atomic E-state index is 14.2. The van der Waals surface area contributed by atoms with Crippen molar-refractivity contribution in [2.75, 3.05) is 6.61 Å². The Hall–Kier alpha value is -3.48. The fourth-order valence-corrected chi connectivity index (χ4v) is 3.28. The number of aryl methyl sites for hydroxylation is 2. The molecule has 0 amide bonds. The number of aromatic amines is 1. The van der Waals surface area contributed by atoms with Gasteiger partial charge in [0, 0.05) is 17.9 Å². The van der Waals surface area contributed by atoms with E-state index in [9.17, 15) is 14.0 Å². The van der Waals surface area contributed by atoms with Crippen molar-refractivity contribution in [3.05, 3.63) is 81.8 Å². The van der Waals surface area contributed by atoms with Gasteiger partial charge in [0.2, 0.25) is 0 Å². The number of aromatic nitrogens is 3. The van der Waals surface area contributed by atoms with E-state index < -0.39 is 17.3 Å². The highest BCUT2D eigenvalue weighted by atomic mass is 19.1. The highest BCUT2D eigenvalue weighted by Crippen LogP contribution is 2.17. The maximum atomic E-state index is 14.2. The standard InChI is InChI=1S/C21H18FN3O3/c1-2-28-21(27)18-17(24-19-15(22)4-3-11-25(19)20(18)26)8-6-13-5-7-16-14(12-13)9-10-23-16/h3-5,7,9-12,23H,2,6,8H2,1H3. The molecule has 3 aromatic heterocycles. The number of hydrogen-bond donors (Lipinski definition) is 1. The van der Waals surface area contributed by atoms with Gasteiger partial charge in [0.1, 0.15) is 5.56 Å². The van der Waals surface area contributed by atoms with Crippen LogP contribution < -0.4 is 5.56 Å². The molecule has 0 radical (unpaired) electrons. The normalized spacial score (nSPS) is 11.2. The number of esters is 1. The van der Waals surface area contributed by atoms with E-state index in [1.165, 1.54) is 18.3 Å². The van der Waals surface area contributed by atoms with Crippen LogP contribution in [0.3, 0.4) is 0 Å². The molecule has 28 heavy (non-hydrogen) atoms. The number of nitrogens with one attached hydrogen (secondary N) is 1. The Kier molecular flexibility index (Phi) is 4.65. The lowest BCUT2D eigenvalue weighted by atomic mass is 10.0. The highest BCUT2D eigenvalue weighted by Gasteiger charge is 2.22. The Morgan fingerprint density at radius 3 is 2.93 bits per heavy atom. The second-order valence-corrected chi connectivity index (χ2v) is 6.41. The molecule has 7 heteroatoms. The summed E-state index contributed by atoms with van der Waals surface area (Å²) in [5.41, 5.74) is 1.42. The number of benzene rings is 1. The summed E-state index contributed by atoms with van der Waals surface area (Å²) in [5, 5.41) is 1.07. The molecular weight excluding hydrogens is 361 g/mol. The zero-order chi connectivity index (χ0) is 19.7. The molecule has 0 aliphatic carbocycles. The molecule has 0 bridgehead atoms. The van der Waals surface area contributed by atoms with Crippen molar-refractivity contribution >= 4 is 22.5 Å². The van der Waals surface area contributed by atoms with Crippen LogP contribution in [0.1, 0.15) is 28.5 Å². The zero-order valence-corrected chi connectivity index (χ0v) is 15.2. The molecule has 0 aliphatic rings. The monoisotopic (exact) mass is 379 g/mol. The Bertz CT molecular complexity index is 1240. The van der Waals surface area contributed by atoms with Crippen LogP contribution in [0, 0.1) is 5.82 Å². The van der Waals surface area contributed by atoms with Crippen molar-refractivity contribution in [1.29, 1.82) is 0 Å². The third-order valence-electron chi connectivity index (χ3n) is 4.63. The van der Waals surface area contributed by atoms with E-state index in [4.69, 9.17) is 4.74 Å². The predicted molar refractivity (Wildman–Crippen MR) is 103 cm³/mol. The average molecular weight is 379 g/mol. The first-order valence-electron chi connectivity index (χ1n) is 9.01. The van der Waals surface area contributed by atoms with Gasteiger partial charge in [-0.2, -0.15) is 0 Å². The van der Waals surface area contributed by atoms with E-state index >= 15 is 0 Å². The van der Waals surface area contributed by atoms with Crippen LogP contribution in [0.4, 0.5) is 4.39 Å². The minimum absolute atomic E-state index is 0.100. The van der Waals surface area contributed by atoms with Gasteiger partial charge >= 0.3 is 5.97 Å². The zero-order valence-electron chi connectivity index (χ0n) is 15.2. The molecule has 1 N–H and O–H groups in total. The van der Waals surface area contributed by atoms with Crippen LogP contribution >= 0.6 is 0 Å². The number of ether oxygens (including phenoxy) is 1. The number of fused-ring (bicyclic) bond motifs is 2.